The first-order chi connectivity index (χ1) is 4.75. The first kappa shape index (κ1) is 6.84. The van der Waals surface area contributed by atoms with E-state index in [1.807, 2.05) is 0 Å². The van der Waals surface area contributed by atoms with Crippen LogP contribution in [-0.2, 0) is 0 Å². The quantitative estimate of drug-likeness (QED) is 0.586. The van der Waals surface area contributed by atoms with Crippen LogP contribution in [0.2, 0.25) is 5.02 Å². The highest BCUT2D eigenvalue weighted by atomic mass is 35.5. The van der Waals surface area contributed by atoms with Gasteiger partial charge < -0.3 is 5.11 Å². The molecule has 0 saturated heterocycles. The molecular weight excluding hydrogens is 152 g/mol. The van der Waals surface area contributed by atoms with Crippen LogP contribution in [-0.4, -0.2) is 5.11 Å². The Kier molecular flexibility index (Phi) is 1.74. The highest BCUT2D eigenvalue weighted by Gasteiger charge is 2.13. The maximum atomic E-state index is 8.93. The highest BCUT2D eigenvalue weighted by molar-refractivity contribution is 6.34. The average molecular weight is 156 g/mol. The third-order valence-corrected chi connectivity index (χ3v) is 1.45. The van der Waals surface area contributed by atoms with E-state index in [-0.39, 0.29) is 16.5 Å². The first-order valence-electron chi connectivity index (χ1n) is 2.58. The van der Waals surface area contributed by atoms with Crippen LogP contribution in [0.1, 0.15) is 0 Å². The second kappa shape index (κ2) is 2.54. The van der Waals surface area contributed by atoms with E-state index in [1.54, 1.807) is 0 Å². The Balaban J connectivity index is 3.31. The Bertz CT molecular complexity index is 292. The number of diazo groups is 1. The number of phenols is 1. The lowest BCUT2D eigenvalue weighted by atomic mass is 10.3. The molecular formula is C6H4ClN2O+. The molecule has 0 atom stereocenters. The number of halogens is 1. The summed E-state index contributed by atoms with van der Waals surface area (Å²) in [5, 5.41) is 17.3. The van der Waals surface area contributed by atoms with E-state index in [2.05, 4.69) is 4.98 Å². The van der Waals surface area contributed by atoms with E-state index < -0.39 is 0 Å². The zero-order chi connectivity index (χ0) is 7.56. The third-order valence-electron chi connectivity index (χ3n) is 1.07. The molecule has 0 spiro atoms. The summed E-state index contributed by atoms with van der Waals surface area (Å²) in [6.45, 7) is 0. The summed E-state index contributed by atoms with van der Waals surface area (Å²) in [6.07, 6.45) is 0. The van der Waals surface area contributed by atoms with E-state index in [0.717, 1.165) is 0 Å². The van der Waals surface area contributed by atoms with E-state index in [0.29, 0.717) is 0 Å². The fourth-order valence-electron chi connectivity index (χ4n) is 0.585. The van der Waals surface area contributed by atoms with Gasteiger partial charge in [0.05, 0.1) is 0 Å². The summed E-state index contributed by atoms with van der Waals surface area (Å²) in [4.78, 5) is 2.84. The number of nitrogens with zero attached hydrogens (tertiary/aromatic N) is 2. The monoisotopic (exact) mass is 155 g/mol. The zero-order valence-electron chi connectivity index (χ0n) is 4.95. The van der Waals surface area contributed by atoms with Gasteiger partial charge in [-0.15, -0.1) is 0 Å². The molecule has 0 aromatic heterocycles. The SMILES string of the molecule is N#[N+]c1cccc(O)c1Cl. The summed E-state index contributed by atoms with van der Waals surface area (Å²) in [5.41, 5.74) is 0.168. The maximum absolute atomic E-state index is 8.93. The van der Waals surface area contributed by atoms with Crippen molar-refractivity contribution in [3.8, 4) is 5.75 Å². The van der Waals surface area contributed by atoms with Gasteiger partial charge >= 0.3 is 5.69 Å². The molecule has 0 heterocycles. The summed E-state index contributed by atoms with van der Waals surface area (Å²) < 4.78 is 0. The fourth-order valence-corrected chi connectivity index (χ4v) is 0.749. The van der Waals surface area contributed by atoms with Gasteiger partial charge in [0.1, 0.15) is 5.75 Å². The Hall–Kier alpha value is -1.27. The van der Waals surface area contributed by atoms with Crippen LogP contribution in [0.5, 0.6) is 5.75 Å². The molecule has 0 bridgehead atoms. The minimum Gasteiger partial charge on any atom is -0.506 e. The van der Waals surface area contributed by atoms with Gasteiger partial charge in [0.25, 0.3) is 0 Å². The van der Waals surface area contributed by atoms with Crippen molar-refractivity contribution in [2.75, 3.05) is 0 Å². The van der Waals surface area contributed by atoms with Gasteiger partial charge in [0.2, 0.25) is 5.39 Å². The lowest BCUT2D eigenvalue weighted by Gasteiger charge is -1.87. The number of phenolic OH excluding ortho intramolecular Hbond substituents is 1. The zero-order valence-corrected chi connectivity index (χ0v) is 5.71. The molecule has 0 aliphatic heterocycles. The summed E-state index contributed by atoms with van der Waals surface area (Å²) in [7, 11) is 0. The van der Waals surface area contributed by atoms with E-state index in [9.17, 15) is 0 Å². The molecule has 0 saturated carbocycles. The third kappa shape index (κ3) is 1.02. The Labute approximate surface area is 62.5 Å². The van der Waals surface area contributed by atoms with Gasteiger partial charge in [0.15, 0.2) is 10.00 Å². The molecule has 1 N–H and O–H groups in total. The van der Waals surface area contributed by atoms with Crippen molar-refractivity contribution in [1.29, 1.82) is 5.39 Å². The second-order valence-corrected chi connectivity index (χ2v) is 2.09. The van der Waals surface area contributed by atoms with Crippen LogP contribution in [0.25, 0.3) is 4.98 Å². The van der Waals surface area contributed by atoms with Crippen LogP contribution in [0, 0.1) is 5.39 Å². The standard InChI is InChI=1S/C6H3ClN2O/c7-6-4(9-8)2-1-3-5(6)10/h1-3H/p+1. The minimum absolute atomic E-state index is 0.0602. The van der Waals surface area contributed by atoms with Crippen molar-refractivity contribution in [2.45, 2.75) is 0 Å². The first-order valence-corrected chi connectivity index (χ1v) is 2.96. The van der Waals surface area contributed by atoms with Gasteiger partial charge in [-0.25, -0.2) is 0 Å². The molecule has 0 aliphatic rings. The van der Waals surface area contributed by atoms with Gasteiger partial charge in [-0.2, -0.15) is 0 Å². The molecule has 4 heteroatoms. The smallest absolute Gasteiger partial charge is 0.407 e. The molecule has 1 aromatic rings. The number of hydrogen-bond donors (Lipinski definition) is 1. The van der Waals surface area contributed by atoms with Crippen molar-refractivity contribution >= 4 is 17.3 Å². The summed E-state index contributed by atoms with van der Waals surface area (Å²) in [6, 6.07) is 4.44. The molecule has 0 amide bonds. The molecule has 0 fully saturated rings. The Morgan fingerprint density at radius 2 is 2.20 bits per heavy atom. The van der Waals surface area contributed by atoms with Crippen LogP contribution in [0.15, 0.2) is 18.2 Å². The number of benzene rings is 1. The average Bonchev–Trinajstić information content (AvgIpc) is 1.95. The van der Waals surface area contributed by atoms with Crippen molar-refractivity contribution in [2.24, 2.45) is 0 Å². The van der Waals surface area contributed by atoms with Crippen LogP contribution in [0.3, 0.4) is 0 Å². The van der Waals surface area contributed by atoms with E-state index in [1.165, 1.54) is 18.2 Å². The molecule has 50 valence electrons. The highest BCUT2D eigenvalue weighted by Crippen LogP contribution is 2.32. The Morgan fingerprint density at radius 1 is 1.50 bits per heavy atom. The van der Waals surface area contributed by atoms with E-state index in [4.69, 9.17) is 22.1 Å². The van der Waals surface area contributed by atoms with E-state index >= 15 is 0 Å². The number of hydrogen-bond acceptors (Lipinski definition) is 2. The van der Waals surface area contributed by atoms with Gasteiger partial charge in [0, 0.05) is 6.07 Å². The predicted octanol–water partition coefficient (Wildman–Crippen LogP) is 2.53. The molecule has 1 aromatic carbocycles. The minimum atomic E-state index is -0.0861. The van der Waals surface area contributed by atoms with Crippen molar-refractivity contribution in [1.82, 2.24) is 0 Å². The summed E-state index contributed by atoms with van der Waals surface area (Å²) >= 11 is 5.49. The lowest BCUT2D eigenvalue weighted by Crippen LogP contribution is -1.66. The van der Waals surface area contributed by atoms with Gasteiger partial charge in [-0.3, -0.25) is 0 Å². The van der Waals surface area contributed by atoms with Gasteiger partial charge in [-0.1, -0.05) is 17.7 Å². The van der Waals surface area contributed by atoms with Crippen molar-refractivity contribution < 1.29 is 5.11 Å². The van der Waals surface area contributed by atoms with Crippen LogP contribution < -0.4 is 0 Å². The van der Waals surface area contributed by atoms with Crippen LogP contribution >= 0.6 is 11.6 Å². The topological polar surface area (TPSA) is 48.4 Å². The van der Waals surface area contributed by atoms with Crippen molar-refractivity contribution in [3.63, 3.8) is 0 Å². The largest absolute Gasteiger partial charge is 0.506 e. The molecule has 0 radical (unpaired) electrons. The molecule has 10 heavy (non-hydrogen) atoms. The number of rotatable bonds is 0. The molecule has 0 aliphatic carbocycles. The normalized spacial score (nSPS) is 8.80. The lowest BCUT2D eigenvalue weighted by molar-refractivity contribution is 0.476. The molecule has 1 rings (SSSR count). The second-order valence-electron chi connectivity index (χ2n) is 1.71. The summed E-state index contributed by atoms with van der Waals surface area (Å²) in [5.74, 6) is -0.0861. The van der Waals surface area contributed by atoms with Crippen molar-refractivity contribution in [3.05, 3.63) is 28.2 Å². The maximum Gasteiger partial charge on any atom is 0.407 e. The van der Waals surface area contributed by atoms with Gasteiger partial charge in [-0.05, 0) is 6.07 Å². The number of aromatic hydroxyl groups is 1. The molecule has 0 unspecified atom stereocenters. The predicted molar refractivity (Wildman–Crippen MR) is 37.9 cm³/mol. The molecule has 3 nitrogen and oxygen atoms in total. The van der Waals surface area contributed by atoms with Crippen LogP contribution in [0.4, 0.5) is 5.69 Å². The Morgan fingerprint density at radius 3 is 2.70 bits per heavy atom. The fraction of sp³-hybridized carbons (Fsp3) is 0.